The highest BCUT2D eigenvalue weighted by atomic mass is 16.5. The molecule has 0 saturated heterocycles. The van der Waals surface area contributed by atoms with E-state index in [0.717, 1.165) is 0 Å². The number of benzene rings is 1. The zero-order valence-electron chi connectivity index (χ0n) is 12.4. The second-order valence-corrected chi connectivity index (χ2v) is 5.11. The van der Waals surface area contributed by atoms with Gasteiger partial charge in [0.05, 0.1) is 6.61 Å². The Morgan fingerprint density at radius 1 is 1.14 bits per heavy atom. The van der Waals surface area contributed by atoms with Gasteiger partial charge < -0.3 is 9.84 Å². The smallest absolute Gasteiger partial charge is 0.305 e. The van der Waals surface area contributed by atoms with E-state index < -0.39 is 11.6 Å². The first-order valence-electron chi connectivity index (χ1n) is 7.32. The summed E-state index contributed by atoms with van der Waals surface area (Å²) in [6, 6.07) is 6.48. The van der Waals surface area contributed by atoms with Crippen molar-refractivity contribution >= 4 is 23.3 Å². The third kappa shape index (κ3) is 3.24. The minimum Gasteiger partial charge on any atom is -0.507 e. The normalized spacial score (nSPS) is 14.0. The quantitative estimate of drug-likeness (QED) is 0.496. The van der Waals surface area contributed by atoms with Crippen LogP contribution in [0.2, 0.25) is 0 Å². The lowest BCUT2D eigenvalue weighted by atomic mass is 9.86. The van der Waals surface area contributed by atoms with Gasteiger partial charge in [-0.1, -0.05) is 31.2 Å². The van der Waals surface area contributed by atoms with Crippen molar-refractivity contribution in [3.63, 3.8) is 0 Å². The third-order valence-electron chi connectivity index (χ3n) is 3.48. The molecule has 0 atom stereocenters. The van der Waals surface area contributed by atoms with Crippen LogP contribution in [0.3, 0.4) is 0 Å². The molecule has 1 aromatic carbocycles. The first kappa shape index (κ1) is 15.9. The van der Waals surface area contributed by atoms with Gasteiger partial charge in [0.25, 0.3) is 0 Å². The molecule has 0 radical (unpaired) electrons. The fraction of sp³-hybridized carbons (Fsp3) is 0.353. The van der Waals surface area contributed by atoms with Crippen molar-refractivity contribution in [2.75, 3.05) is 6.61 Å². The Bertz CT molecular complexity index is 642. The lowest BCUT2D eigenvalue weighted by Gasteiger charge is -2.17. The number of carbonyl (C=O) groups excluding carboxylic acids is 3. The molecule has 0 unspecified atom stereocenters. The zero-order valence-corrected chi connectivity index (χ0v) is 12.4. The first-order valence-corrected chi connectivity index (χ1v) is 7.32. The summed E-state index contributed by atoms with van der Waals surface area (Å²) in [4.78, 5) is 35.3. The van der Waals surface area contributed by atoms with Crippen molar-refractivity contribution in [1.29, 1.82) is 0 Å². The number of aliphatic hydroxyl groups excluding tert-OH is 1. The standard InChI is InChI=1S/C17H18O5/c1-2-6-14(18)22-10-5-9-13-15(19)11-7-3-4-8-12(11)16(20)17(13)21/h3-4,7-8,19H,2,5-6,9-10H2,1H3. The Balaban J connectivity index is 2.06. The maximum Gasteiger partial charge on any atom is 0.305 e. The summed E-state index contributed by atoms with van der Waals surface area (Å²) in [6.07, 6.45) is 1.66. The van der Waals surface area contributed by atoms with Crippen molar-refractivity contribution in [2.45, 2.75) is 32.6 Å². The molecule has 2 rings (SSSR count). The van der Waals surface area contributed by atoms with E-state index in [0.29, 0.717) is 24.8 Å². The van der Waals surface area contributed by atoms with E-state index in [4.69, 9.17) is 4.74 Å². The second-order valence-electron chi connectivity index (χ2n) is 5.11. The van der Waals surface area contributed by atoms with E-state index >= 15 is 0 Å². The van der Waals surface area contributed by atoms with Crippen LogP contribution in [-0.2, 0) is 14.3 Å². The molecule has 1 aromatic rings. The summed E-state index contributed by atoms with van der Waals surface area (Å²) in [5.74, 6) is -1.72. The largest absolute Gasteiger partial charge is 0.507 e. The Kier molecular flexibility index (Phi) is 5.09. The van der Waals surface area contributed by atoms with Crippen LogP contribution in [-0.4, -0.2) is 29.2 Å². The van der Waals surface area contributed by atoms with Gasteiger partial charge in [-0.25, -0.2) is 0 Å². The lowest BCUT2D eigenvalue weighted by Crippen LogP contribution is -2.24. The number of esters is 1. The summed E-state index contributed by atoms with van der Waals surface area (Å²) >= 11 is 0. The highest BCUT2D eigenvalue weighted by Crippen LogP contribution is 2.29. The maximum atomic E-state index is 12.1. The molecular weight excluding hydrogens is 284 g/mol. The number of Topliss-reactive ketones (excluding diaryl/α,β-unsaturated/α-hetero) is 2. The van der Waals surface area contributed by atoms with Crippen LogP contribution in [0.4, 0.5) is 0 Å². The molecule has 1 aliphatic rings. The monoisotopic (exact) mass is 302 g/mol. The fourth-order valence-electron chi connectivity index (χ4n) is 2.36. The van der Waals surface area contributed by atoms with Crippen molar-refractivity contribution in [2.24, 2.45) is 0 Å². The molecule has 116 valence electrons. The Labute approximate surface area is 128 Å². The average Bonchev–Trinajstić information content (AvgIpc) is 2.52. The second kappa shape index (κ2) is 7.02. The number of fused-ring (bicyclic) bond motifs is 1. The van der Waals surface area contributed by atoms with Crippen LogP contribution < -0.4 is 0 Å². The van der Waals surface area contributed by atoms with E-state index in [1.165, 1.54) is 6.07 Å². The fourth-order valence-corrected chi connectivity index (χ4v) is 2.36. The molecule has 0 fully saturated rings. The van der Waals surface area contributed by atoms with Crippen LogP contribution in [0.5, 0.6) is 0 Å². The van der Waals surface area contributed by atoms with Gasteiger partial charge in [-0.05, 0) is 19.3 Å². The minimum atomic E-state index is -0.684. The van der Waals surface area contributed by atoms with Gasteiger partial charge in [0.15, 0.2) is 0 Å². The Morgan fingerprint density at radius 2 is 1.82 bits per heavy atom. The lowest BCUT2D eigenvalue weighted by molar-refractivity contribution is -0.143. The molecule has 0 saturated carbocycles. The Morgan fingerprint density at radius 3 is 2.50 bits per heavy atom. The van der Waals surface area contributed by atoms with Gasteiger partial charge in [-0.15, -0.1) is 0 Å². The van der Waals surface area contributed by atoms with Gasteiger partial charge in [0, 0.05) is 23.1 Å². The number of aliphatic hydroxyl groups is 1. The summed E-state index contributed by atoms with van der Waals surface area (Å²) < 4.78 is 5.00. The number of hydrogen-bond donors (Lipinski definition) is 1. The minimum absolute atomic E-state index is 0.0928. The van der Waals surface area contributed by atoms with Gasteiger partial charge in [0.2, 0.25) is 11.6 Å². The zero-order chi connectivity index (χ0) is 16.1. The molecular formula is C17H18O5. The molecule has 0 aromatic heterocycles. The van der Waals surface area contributed by atoms with E-state index in [-0.39, 0.29) is 35.9 Å². The van der Waals surface area contributed by atoms with E-state index in [9.17, 15) is 19.5 Å². The van der Waals surface area contributed by atoms with Crippen molar-refractivity contribution in [3.05, 3.63) is 41.0 Å². The summed E-state index contributed by atoms with van der Waals surface area (Å²) in [7, 11) is 0. The molecule has 0 spiro atoms. The maximum absolute atomic E-state index is 12.1. The van der Waals surface area contributed by atoms with Gasteiger partial charge in [-0.3, -0.25) is 14.4 Å². The average molecular weight is 302 g/mol. The van der Waals surface area contributed by atoms with Gasteiger partial charge in [0.1, 0.15) is 5.76 Å². The molecule has 22 heavy (non-hydrogen) atoms. The summed E-state index contributed by atoms with van der Waals surface area (Å²) in [5.41, 5.74) is 0.698. The molecule has 0 bridgehead atoms. The van der Waals surface area contributed by atoms with Crippen LogP contribution >= 0.6 is 0 Å². The summed E-state index contributed by atoms with van der Waals surface area (Å²) in [6.45, 7) is 2.05. The predicted molar refractivity (Wildman–Crippen MR) is 80.4 cm³/mol. The van der Waals surface area contributed by atoms with Crippen LogP contribution in [0.1, 0.15) is 48.5 Å². The van der Waals surface area contributed by atoms with E-state index in [1.807, 2.05) is 6.92 Å². The molecule has 0 amide bonds. The van der Waals surface area contributed by atoms with Crippen molar-refractivity contribution < 1.29 is 24.2 Å². The molecule has 5 nitrogen and oxygen atoms in total. The van der Waals surface area contributed by atoms with Gasteiger partial charge >= 0.3 is 5.97 Å². The van der Waals surface area contributed by atoms with Crippen molar-refractivity contribution in [3.8, 4) is 0 Å². The number of allylic oxidation sites excluding steroid dienone is 1. The molecule has 0 heterocycles. The molecule has 0 aliphatic heterocycles. The highest BCUT2D eigenvalue weighted by molar-refractivity contribution is 6.52. The first-order chi connectivity index (χ1) is 10.6. The predicted octanol–water partition coefficient (Wildman–Crippen LogP) is 2.84. The number of ketones is 2. The number of rotatable bonds is 6. The third-order valence-corrected chi connectivity index (χ3v) is 3.48. The Hall–Kier alpha value is -2.43. The van der Waals surface area contributed by atoms with E-state index in [1.54, 1.807) is 18.2 Å². The van der Waals surface area contributed by atoms with E-state index in [2.05, 4.69) is 0 Å². The topological polar surface area (TPSA) is 80.7 Å². The summed E-state index contributed by atoms with van der Waals surface area (Å²) in [5, 5.41) is 10.2. The highest BCUT2D eigenvalue weighted by Gasteiger charge is 2.31. The SMILES string of the molecule is CCCC(=O)OCCCC1=C(O)c2ccccc2C(=O)C1=O. The number of ether oxygens (including phenoxy) is 1. The molecule has 1 aliphatic carbocycles. The van der Waals surface area contributed by atoms with Crippen LogP contribution in [0.25, 0.3) is 5.76 Å². The number of hydrogen-bond acceptors (Lipinski definition) is 5. The van der Waals surface area contributed by atoms with Crippen LogP contribution in [0.15, 0.2) is 29.8 Å². The molecule has 5 heteroatoms. The van der Waals surface area contributed by atoms with Crippen LogP contribution in [0, 0.1) is 0 Å². The number of carbonyl (C=O) groups is 3. The van der Waals surface area contributed by atoms with Gasteiger partial charge in [-0.2, -0.15) is 0 Å². The molecule has 1 N–H and O–H groups in total. The van der Waals surface area contributed by atoms with Crippen molar-refractivity contribution in [1.82, 2.24) is 0 Å².